The number of hydrogen-bond donors (Lipinski definition) is 1. The molecule has 104 valence electrons. The van der Waals surface area contributed by atoms with E-state index in [9.17, 15) is 4.79 Å². The minimum Gasteiger partial charge on any atom is -0.375 e. The SMILES string of the molecule is CN(C)c1c(Cl)cccc1NC(=O)c1ccnc(Br)c1. The van der Waals surface area contributed by atoms with Crippen molar-refractivity contribution in [1.29, 1.82) is 0 Å². The maximum Gasteiger partial charge on any atom is 0.255 e. The van der Waals surface area contributed by atoms with E-state index in [-0.39, 0.29) is 5.91 Å². The highest BCUT2D eigenvalue weighted by Gasteiger charge is 2.13. The molecule has 0 saturated carbocycles. The number of halogens is 2. The van der Waals surface area contributed by atoms with Gasteiger partial charge in [0.05, 0.1) is 16.4 Å². The van der Waals surface area contributed by atoms with E-state index < -0.39 is 0 Å². The standard InChI is InChI=1S/C14H13BrClN3O/c1-19(2)13-10(16)4-3-5-11(13)18-14(20)9-6-7-17-12(15)8-9/h3-8H,1-2H3,(H,18,20). The van der Waals surface area contributed by atoms with Crippen LogP contribution in [0, 0.1) is 0 Å². The first-order valence-electron chi connectivity index (χ1n) is 5.88. The van der Waals surface area contributed by atoms with E-state index in [1.165, 1.54) is 0 Å². The third kappa shape index (κ3) is 3.29. The maximum atomic E-state index is 12.2. The zero-order chi connectivity index (χ0) is 14.7. The van der Waals surface area contributed by atoms with Crippen LogP contribution in [0.5, 0.6) is 0 Å². The first-order chi connectivity index (χ1) is 9.49. The number of pyridine rings is 1. The van der Waals surface area contributed by atoms with Crippen LogP contribution in [0.4, 0.5) is 11.4 Å². The highest BCUT2D eigenvalue weighted by Crippen LogP contribution is 2.32. The van der Waals surface area contributed by atoms with Gasteiger partial charge in [-0.25, -0.2) is 4.98 Å². The highest BCUT2D eigenvalue weighted by molar-refractivity contribution is 9.10. The fraction of sp³-hybridized carbons (Fsp3) is 0.143. The van der Waals surface area contributed by atoms with E-state index in [1.807, 2.05) is 25.1 Å². The lowest BCUT2D eigenvalue weighted by Crippen LogP contribution is -2.17. The summed E-state index contributed by atoms with van der Waals surface area (Å²) >= 11 is 9.41. The molecule has 0 fully saturated rings. The summed E-state index contributed by atoms with van der Waals surface area (Å²) in [7, 11) is 3.75. The Morgan fingerprint density at radius 1 is 1.35 bits per heavy atom. The van der Waals surface area contributed by atoms with Crippen LogP contribution in [0.25, 0.3) is 0 Å². The second-order valence-electron chi connectivity index (χ2n) is 4.35. The molecule has 0 bridgehead atoms. The van der Waals surface area contributed by atoms with Gasteiger partial charge in [0.25, 0.3) is 5.91 Å². The van der Waals surface area contributed by atoms with E-state index in [0.29, 0.717) is 20.9 Å². The molecule has 0 saturated heterocycles. The number of nitrogens with zero attached hydrogens (tertiary/aromatic N) is 2. The van der Waals surface area contributed by atoms with Gasteiger partial charge in [0.1, 0.15) is 4.60 Å². The number of amides is 1. The quantitative estimate of drug-likeness (QED) is 0.852. The summed E-state index contributed by atoms with van der Waals surface area (Å²) in [6.45, 7) is 0. The summed E-state index contributed by atoms with van der Waals surface area (Å²) in [6.07, 6.45) is 1.57. The van der Waals surface area contributed by atoms with E-state index in [4.69, 9.17) is 11.6 Å². The zero-order valence-corrected chi connectivity index (χ0v) is 13.4. The molecule has 0 aliphatic heterocycles. The minimum atomic E-state index is -0.210. The molecule has 0 unspecified atom stereocenters. The van der Waals surface area contributed by atoms with Crippen molar-refractivity contribution in [3.8, 4) is 0 Å². The molecule has 0 radical (unpaired) electrons. The average Bonchev–Trinajstić information content (AvgIpc) is 2.38. The summed E-state index contributed by atoms with van der Waals surface area (Å²) in [5, 5.41) is 3.45. The Morgan fingerprint density at radius 3 is 2.75 bits per heavy atom. The number of carbonyl (C=O) groups is 1. The number of para-hydroxylation sites is 1. The molecule has 1 N–H and O–H groups in total. The molecule has 0 atom stereocenters. The lowest BCUT2D eigenvalue weighted by molar-refractivity contribution is 0.102. The number of aromatic nitrogens is 1. The van der Waals surface area contributed by atoms with Crippen LogP contribution in [-0.4, -0.2) is 25.0 Å². The monoisotopic (exact) mass is 353 g/mol. The molecule has 20 heavy (non-hydrogen) atoms. The summed E-state index contributed by atoms with van der Waals surface area (Å²) in [6, 6.07) is 8.72. The van der Waals surface area contributed by atoms with Crippen LogP contribution in [0.1, 0.15) is 10.4 Å². The molecule has 2 aromatic rings. The van der Waals surface area contributed by atoms with Crippen LogP contribution < -0.4 is 10.2 Å². The Kier molecular flexibility index (Phi) is 4.62. The van der Waals surface area contributed by atoms with Crippen LogP contribution in [-0.2, 0) is 0 Å². The normalized spacial score (nSPS) is 10.2. The molecule has 6 heteroatoms. The molecule has 2 rings (SSSR count). The molecular weight excluding hydrogens is 342 g/mol. The fourth-order valence-corrected chi connectivity index (χ4v) is 2.52. The molecule has 1 heterocycles. The first kappa shape index (κ1) is 14.8. The predicted octanol–water partition coefficient (Wildman–Crippen LogP) is 3.82. The number of nitrogens with one attached hydrogen (secondary N) is 1. The van der Waals surface area contributed by atoms with Crippen molar-refractivity contribution >= 4 is 44.8 Å². The Balaban J connectivity index is 2.31. The van der Waals surface area contributed by atoms with Crippen LogP contribution in [0.2, 0.25) is 5.02 Å². The van der Waals surface area contributed by atoms with Gasteiger partial charge in [0.15, 0.2) is 0 Å². The van der Waals surface area contributed by atoms with Gasteiger partial charge in [-0.05, 0) is 40.2 Å². The number of carbonyl (C=O) groups excluding carboxylic acids is 1. The van der Waals surface area contributed by atoms with Crippen molar-refractivity contribution < 1.29 is 4.79 Å². The number of hydrogen-bond acceptors (Lipinski definition) is 3. The van der Waals surface area contributed by atoms with Gasteiger partial charge in [-0.1, -0.05) is 17.7 Å². The molecule has 0 aliphatic carbocycles. The smallest absolute Gasteiger partial charge is 0.255 e. The largest absolute Gasteiger partial charge is 0.375 e. The van der Waals surface area contributed by atoms with Gasteiger partial charge in [-0.2, -0.15) is 0 Å². The lowest BCUT2D eigenvalue weighted by Gasteiger charge is -2.19. The van der Waals surface area contributed by atoms with Crippen LogP contribution in [0.15, 0.2) is 41.1 Å². The molecule has 4 nitrogen and oxygen atoms in total. The van der Waals surface area contributed by atoms with E-state index in [0.717, 1.165) is 5.69 Å². The number of rotatable bonds is 3. The Labute approximate surface area is 130 Å². The molecule has 1 aromatic heterocycles. The Morgan fingerprint density at radius 2 is 2.10 bits per heavy atom. The van der Waals surface area contributed by atoms with Crippen molar-refractivity contribution in [1.82, 2.24) is 4.98 Å². The van der Waals surface area contributed by atoms with Gasteiger partial charge in [-0.15, -0.1) is 0 Å². The third-order valence-electron chi connectivity index (χ3n) is 2.67. The summed E-state index contributed by atoms with van der Waals surface area (Å²) < 4.78 is 0.615. The van der Waals surface area contributed by atoms with Gasteiger partial charge in [0, 0.05) is 25.9 Å². The minimum absolute atomic E-state index is 0.210. The van der Waals surface area contributed by atoms with Crippen molar-refractivity contribution in [3.05, 3.63) is 51.7 Å². The maximum absolute atomic E-state index is 12.2. The average molecular weight is 355 g/mol. The van der Waals surface area contributed by atoms with Gasteiger partial charge in [0.2, 0.25) is 0 Å². The topological polar surface area (TPSA) is 45.2 Å². The highest BCUT2D eigenvalue weighted by atomic mass is 79.9. The summed E-state index contributed by atoms with van der Waals surface area (Å²) in [4.78, 5) is 18.1. The Hall–Kier alpha value is -1.59. The van der Waals surface area contributed by atoms with Crippen LogP contribution in [0.3, 0.4) is 0 Å². The van der Waals surface area contributed by atoms with Gasteiger partial charge in [-0.3, -0.25) is 4.79 Å². The van der Waals surface area contributed by atoms with Crippen molar-refractivity contribution in [2.45, 2.75) is 0 Å². The molecule has 0 spiro atoms. The first-order valence-corrected chi connectivity index (χ1v) is 7.05. The summed E-state index contributed by atoms with van der Waals surface area (Å²) in [5.74, 6) is -0.210. The fourth-order valence-electron chi connectivity index (χ4n) is 1.81. The van der Waals surface area contributed by atoms with E-state index >= 15 is 0 Å². The van der Waals surface area contributed by atoms with Gasteiger partial charge >= 0.3 is 0 Å². The molecular formula is C14H13BrClN3O. The van der Waals surface area contributed by atoms with E-state index in [1.54, 1.807) is 30.5 Å². The molecule has 1 amide bonds. The van der Waals surface area contributed by atoms with Crippen molar-refractivity contribution in [3.63, 3.8) is 0 Å². The number of benzene rings is 1. The molecule has 0 aliphatic rings. The van der Waals surface area contributed by atoms with E-state index in [2.05, 4.69) is 26.2 Å². The number of anilines is 2. The second kappa shape index (κ2) is 6.24. The zero-order valence-electron chi connectivity index (χ0n) is 11.0. The second-order valence-corrected chi connectivity index (χ2v) is 5.57. The van der Waals surface area contributed by atoms with Crippen LogP contribution >= 0.6 is 27.5 Å². The van der Waals surface area contributed by atoms with Crippen molar-refractivity contribution in [2.75, 3.05) is 24.3 Å². The van der Waals surface area contributed by atoms with Gasteiger partial charge < -0.3 is 10.2 Å². The third-order valence-corrected chi connectivity index (χ3v) is 3.41. The van der Waals surface area contributed by atoms with Crippen molar-refractivity contribution in [2.24, 2.45) is 0 Å². The lowest BCUT2D eigenvalue weighted by atomic mass is 10.2. The Bertz CT molecular complexity index is 646. The molecule has 1 aromatic carbocycles. The summed E-state index contributed by atoms with van der Waals surface area (Å²) in [5.41, 5.74) is 1.97. The predicted molar refractivity (Wildman–Crippen MR) is 85.7 cm³/mol.